The van der Waals surface area contributed by atoms with Gasteiger partial charge in [-0.05, 0) is 51.9 Å². The first-order valence-corrected chi connectivity index (χ1v) is 10.7. The van der Waals surface area contributed by atoms with E-state index in [1.807, 2.05) is 0 Å². The summed E-state index contributed by atoms with van der Waals surface area (Å²) in [4.78, 5) is 6.91. The third-order valence-corrected chi connectivity index (χ3v) is 7.28. The maximum atomic E-state index is 12.5. The van der Waals surface area contributed by atoms with Gasteiger partial charge in [-0.15, -0.1) is 0 Å². The molecule has 1 aromatic rings. The monoisotopic (exact) mass is 366 g/mol. The molecule has 2 heterocycles. The molecule has 1 saturated heterocycles. The average molecular weight is 367 g/mol. The molecule has 1 aliphatic heterocycles. The van der Waals surface area contributed by atoms with Gasteiger partial charge in [-0.3, -0.25) is 0 Å². The van der Waals surface area contributed by atoms with Crippen LogP contribution in [0.2, 0.25) is 0 Å². The molecule has 1 aromatic heterocycles. The van der Waals surface area contributed by atoms with Gasteiger partial charge in [-0.1, -0.05) is 12.8 Å². The Morgan fingerprint density at radius 2 is 1.84 bits per heavy atom. The number of hydrogen-bond acceptors (Lipinski definition) is 5. The van der Waals surface area contributed by atoms with Crippen molar-refractivity contribution in [3.63, 3.8) is 0 Å². The highest BCUT2D eigenvalue weighted by Gasteiger charge is 2.34. The molecule has 2 aliphatic rings. The van der Waals surface area contributed by atoms with Gasteiger partial charge >= 0.3 is 0 Å². The standard InChI is InChI=1S/C18H30N4O2S/c1-21(2)15-18(9-3-4-10-18)14-20-17-8-7-16(13-19-17)25(23,24)22-11-5-6-12-22/h7-8,13H,3-6,9-12,14-15H2,1-2H3,(H,19,20). The molecule has 6 nitrogen and oxygen atoms in total. The van der Waals surface area contributed by atoms with Crippen molar-refractivity contribution < 1.29 is 8.42 Å². The molecule has 0 atom stereocenters. The summed E-state index contributed by atoms with van der Waals surface area (Å²) >= 11 is 0. The van der Waals surface area contributed by atoms with Crippen molar-refractivity contribution in [1.82, 2.24) is 14.2 Å². The second kappa shape index (κ2) is 7.60. The van der Waals surface area contributed by atoms with E-state index >= 15 is 0 Å². The van der Waals surface area contributed by atoms with Crippen LogP contribution in [0.5, 0.6) is 0 Å². The average Bonchev–Trinajstić information content (AvgIpc) is 3.25. The van der Waals surface area contributed by atoms with Gasteiger partial charge in [0.05, 0.1) is 0 Å². The number of pyridine rings is 1. The Kier molecular flexibility index (Phi) is 5.65. The number of sulfonamides is 1. The van der Waals surface area contributed by atoms with Gasteiger partial charge in [0.15, 0.2) is 0 Å². The molecule has 0 bridgehead atoms. The van der Waals surface area contributed by atoms with E-state index in [0.717, 1.165) is 31.7 Å². The van der Waals surface area contributed by atoms with Gasteiger partial charge in [-0.2, -0.15) is 4.31 Å². The first-order valence-electron chi connectivity index (χ1n) is 9.26. The van der Waals surface area contributed by atoms with E-state index in [9.17, 15) is 8.42 Å². The Bertz CT molecular complexity index is 661. The minimum absolute atomic E-state index is 0.295. The summed E-state index contributed by atoms with van der Waals surface area (Å²) in [6.07, 6.45) is 8.43. The van der Waals surface area contributed by atoms with Crippen molar-refractivity contribution in [3.05, 3.63) is 18.3 Å². The molecule has 0 aromatic carbocycles. The van der Waals surface area contributed by atoms with Gasteiger partial charge in [-0.25, -0.2) is 13.4 Å². The number of rotatable bonds is 7. The predicted octanol–water partition coefficient (Wildman–Crippen LogP) is 2.40. The van der Waals surface area contributed by atoms with E-state index in [0.29, 0.717) is 23.4 Å². The van der Waals surface area contributed by atoms with E-state index in [1.54, 1.807) is 16.4 Å². The van der Waals surface area contributed by atoms with Gasteiger partial charge in [0.25, 0.3) is 0 Å². The van der Waals surface area contributed by atoms with E-state index < -0.39 is 10.0 Å². The van der Waals surface area contributed by atoms with E-state index in [-0.39, 0.29) is 0 Å². The maximum absolute atomic E-state index is 12.5. The van der Waals surface area contributed by atoms with Crippen molar-refractivity contribution in [3.8, 4) is 0 Å². The summed E-state index contributed by atoms with van der Waals surface area (Å²) in [5.74, 6) is 0.755. The van der Waals surface area contributed by atoms with Gasteiger partial charge in [0.1, 0.15) is 10.7 Å². The summed E-state index contributed by atoms with van der Waals surface area (Å²) in [6, 6.07) is 3.47. The van der Waals surface area contributed by atoms with Crippen LogP contribution in [-0.4, -0.2) is 62.9 Å². The van der Waals surface area contributed by atoms with Crippen LogP contribution in [0.1, 0.15) is 38.5 Å². The second-order valence-electron chi connectivity index (χ2n) is 7.79. The molecule has 0 radical (unpaired) electrons. The number of hydrogen-bond donors (Lipinski definition) is 1. The molecule has 3 rings (SSSR count). The van der Waals surface area contributed by atoms with Crippen molar-refractivity contribution in [2.24, 2.45) is 5.41 Å². The lowest BCUT2D eigenvalue weighted by molar-refractivity contribution is 0.215. The molecule has 7 heteroatoms. The highest BCUT2D eigenvalue weighted by Crippen LogP contribution is 2.38. The lowest BCUT2D eigenvalue weighted by atomic mass is 9.85. The van der Waals surface area contributed by atoms with Crippen molar-refractivity contribution in [1.29, 1.82) is 0 Å². The molecular formula is C18H30N4O2S. The first-order chi connectivity index (χ1) is 11.9. The minimum Gasteiger partial charge on any atom is -0.369 e. The fourth-order valence-electron chi connectivity index (χ4n) is 4.18. The lowest BCUT2D eigenvalue weighted by Crippen LogP contribution is -2.37. The maximum Gasteiger partial charge on any atom is 0.244 e. The van der Waals surface area contributed by atoms with Crippen molar-refractivity contribution >= 4 is 15.8 Å². The molecule has 1 aliphatic carbocycles. The van der Waals surface area contributed by atoms with E-state index in [1.165, 1.54) is 31.9 Å². The van der Waals surface area contributed by atoms with Crippen LogP contribution in [0.4, 0.5) is 5.82 Å². The molecule has 0 amide bonds. The van der Waals surface area contributed by atoms with Crippen LogP contribution in [-0.2, 0) is 10.0 Å². The van der Waals surface area contributed by atoms with Crippen LogP contribution in [0, 0.1) is 5.41 Å². The zero-order valence-electron chi connectivity index (χ0n) is 15.4. The summed E-state index contributed by atoms with van der Waals surface area (Å²) < 4.78 is 26.6. The molecule has 1 saturated carbocycles. The van der Waals surface area contributed by atoms with E-state index in [4.69, 9.17) is 0 Å². The van der Waals surface area contributed by atoms with Gasteiger partial charge in [0, 0.05) is 37.8 Å². The largest absolute Gasteiger partial charge is 0.369 e. The number of aromatic nitrogens is 1. The molecule has 1 N–H and O–H groups in total. The summed E-state index contributed by atoms with van der Waals surface area (Å²) in [5, 5.41) is 3.43. The highest BCUT2D eigenvalue weighted by atomic mass is 32.2. The third-order valence-electron chi connectivity index (χ3n) is 5.40. The molecule has 25 heavy (non-hydrogen) atoms. The van der Waals surface area contributed by atoms with E-state index in [2.05, 4.69) is 29.3 Å². The summed E-state index contributed by atoms with van der Waals surface area (Å²) in [7, 11) is 0.865. The summed E-state index contributed by atoms with van der Waals surface area (Å²) in [6.45, 7) is 3.20. The molecule has 140 valence electrons. The van der Waals surface area contributed by atoms with Crippen LogP contribution < -0.4 is 5.32 Å². The van der Waals surface area contributed by atoms with Crippen molar-refractivity contribution in [2.45, 2.75) is 43.4 Å². The topological polar surface area (TPSA) is 65.5 Å². The summed E-state index contributed by atoms with van der Waals surface area (Å²) in [5.41, 5.74) is 0.297. The zero-order chi connectivity index (χ0) is 17.9. The van der Waals surface area contributed by atoms with Crippen molar-refractivity contribution in [2.75, 3.05) is 45.6 Å². The fourth-order valence-corrected chi connectivity index (χ4v) is 5.64. The second-order valence-corrected chi connectivity index (χ2v) is 9.73. The number of nitrogens with zero attached hydrogens (tertiary/aromatic N) is 3. The SMILES string of the molecule is CN(C)CC1(CNc2ccc(S(=O)(=O)N3CCCC3)cn2)CCCC1. The normalized spacial score (nSPS) is 21.1. The molecular weight excluding hydrogens is 336 g/mol. The van der Waals surface area contributed by atoms with Crippen LogP contribution in [0.25, 0.3) is 0 Å². The Labute approximate surface area is 151 Å². The Hall–Kier alpha value is -1.18. The Balaban J connectivity index is 1.64. The molecule has 0 spiro atoms. The van der Waals surface area contributed by atoms with Crippen LogP contribution >= 0.6 is 0 Å². The van der Waals surface area contributed by atoms with Gasteiger partial charge < -0.3 is 10.2 Å². The fraction of sp³-hybridized carbons (Fsp3) is 0.722. The van der Waals surface area contributed by atoms with Gasteiger partial charge in [0.2, 0.25) is 10.0 Å². The Morgan fingerprint density at radius 1 is 1.16 bits per heavy atom. The Morgan fingerprint density at radius 3 is 2.40 bits per heavy atom. The quantitative estimate of drug-likeness (QED) is 0.803. The van der Waals surface area contributed by atoms with Crippen LogP contribution in [0.3, 0.4) is 0 Å². The lowest BCUT2D eigenvalue weighted by Gasteiger charge is -2.32. The molecule has 0 unspecified atom stereocenters. The zero-order valence-corrected chi connectivity index (χ0v) is 16.2. The van der Waals surface area contributed by atoms with Crippen LogP contribution in [0.15, 0.2) is 23.2 Å². The smallest absolute Gasteiger partial charge is 0.244 e. The number of nitrogens with one attached hydrogen (secondary N) is 1. The highest BCUT2D eigenvalue weighted by molar-refractivity contribution is 7.89. The predicted molar refractivity (Wildman–Crippen MR) is 100 cm³/mol. The first kappa shape index (κ1) is 18.6. The third kappa shape index (κ3) is 4.33. The number of anilines is 1. The minimum atomic E-state index is -3.38. The molecule has 2 fully saturated rings.